The van der Waals surface area contributed by atoms with Crippen LogP contribution in [0.3, 0.4) is 0 Å². The molecule has 0 aromatic heterocycles. The van der Waals surface area contributed by atoms with Crippen LogP contribution in [0.5, 0.6) is 0 Å². The summed E-state index contributed by atoms with van der Waals surface area (Å²) in [6.45, 7) is 6.39. The molecule has 3 atom stereocenters. The van der Waals surface area contributed by atoms with Gasteiger partial charge in [-0.2, -0.15) is 4.31 Å². The van der Waals surface area contributed by atoms with Gasteiger partial charge in [0.25, 0.3) is 0 Å². The maximum atomic E-state index is 13.4. The Kier molecular flexibility index (Phi) is 6.76. The Morgan fingerprint density at radius 2 is 1.72 bits per heavy atom. The van der Waals surface area contributed by atoms with Crippen LogP contribution in [0.1, 0.15) is 39.5 Å². The molecule has 3 saturated heterocycles. The summed E-state index contributed by atoms with van der Waals surface area (Å²) in [5.41, 5.74) is -0.325. The summed E-state index contributed by atoms with van der Waals surface area (Å²) in [6, 6.07) is 5.82. The van der Waals surface area contributed by atoms with E-state index in [2.05, 4.69) is 4.90 Å². The van der Waals surface area contributed by atoms with Crippen LogP contribution in [0.4, 0.5) is 4.79 Å². The molecule has 32 heavy (non-hydrogen) atoms. The molecule has 0 aliphatic carbocycles. The average molecular weight is 486 g/mol. The molecule has 0 radical (unpaired) electrons. The molecule has 3 heterocycles. The van der Waals surface area contributed by atoms with E-state index < -0.39 is 16.1 Å². The van der Waals surface area contributed by atoms with Gasteiger partial charge >= 0.3 is 6.09 Å². The van der Waals surface area contributed by atoms with Crippen molar-refractivity contribution >= 4 is 27.7 Å². The highest BCUT2D eigenvalue weighted by Crippen LogP contribution is 2.41. The Morgan fingerprint density at radius 3 is 2.34 bits per heavy atom. The first-order valence-electron chi connectivity index (χ1n) is 11.2. The Bertz CT molecular complexity index is 931. The Balaban J connectivity index is 1.42. The molecule has 3 aliphatic heterocycles. The summed E-state index contributed by atoms with van der Waals surface area (Å²) < 4.78 is 34.2. The zero-order chi connectivity index (χ0) is 23.1. The van der Waals surface area contributed by atoms with Crippen molar-refractivity contribution < 1.29 is 23.1 Å². The number of piperidine rings is 1. The number of aliphatic hydroxyl groups is 1. The van der Waals surface area contributed by atoms with Crippen molar-refractivity contribution in [3.05, 3.63) is 29.3 Å². The standard InChI is InChI=1S/C22H32ClN3O5S/c1-22(2,15-27)25-13-11-24(12-14-25)21(28)31-20-10-6-17-5-9-19(20)26(17)32(29,30)18-7-3-16(23)4-8-18/h3-4,7-8,17,19-20,27H,5-6,9-15H2,1-2H3/t17?,19?,20-/m0/s1. The fourth-order valence-electron chi connectivity index (χ4n) is 5.10. The van der Waals surface area contributed by atoms with Gasteiger partial charge < -0.3 is 14.7 Å². The molecule has 3 fully saturated rings. The number of aliphatic hydroxyl groups excluding tert-OH is 1. The lowest BCUT2D eigenvalue weighted by Gasteiger charge is -2.43. The second-order valence-electron chi connectivity index (χ2n) is 9.53. The fourth-order valence-corrected chi connectivity index (χ4v) is 7.15. The van der Waals surface area contributed by atoms with Gasteiger partial charge in [-0.05, 0) is 63.8 Å². The largest absolute Gasteiger partial charge is 0.444 e. The summed E-state index contributed by atoms with van der Waals surface area (Å²) >= 11 is 5.93. The van der Waals surface area contributed by atoms with Crippen LogP contribution in [0, 0.1) is 0 Å². The smallest absolute Gasteiger partial charge is 0.410 e. The van der Waals surface area contributed by atoms with Crippen LogP contribution >= 0.6 is 11.6 Å². The highest BCUT2D eigenvalue weighted by Gasteiger charge is 2.50. The van der Waals surface area contributed by atoms with Gasteiger partial charge in [-0.25, -0.2) is 13.2 Å². The van der Waals surface area contributed by atoms with Crippen molar-refractivity contribution in [1.82, 2.24) is 14.1 Å². The predicted octanol–water partition coefficient (Wildman–Crippen LogP) is 2.55. The molecule has 10 heteroatoms. The van der Waals surface area contributed by atoms with E-state index in [-0.39, 0.29) is 35.2 Å². The number of fused-ring (bicyclic) bond motifs is 2. The van der Waals surface area contributed by atoms with E-state index in [1.807, 2.05) is 13.8 Å². The van der Waals surface area contributed by atoms with E-state index in [9.17, 15) is 18.3 Å². The number of benzene rings is 1. The number of halogens is 1. The fraction of sp³-hybridized carbons (Fsp3) is 0.682. The lowest BCUT2D eigenvalue weighted by Crippen LogP contribution is -2.58. The lowest BCUT2D eigenvalue weighted by atomic mass is 10.0. The molecule has 2 unspecified atom stereocenters. The highest BCUT2D eigenvalue weighted by molar-refractivity contribution is 7.89. The summed E-state index contributed by atoms with van der Waals surface area (Å²) in [7, 11) is -3.70. The van der Waals surface area contributed by atoms with Gasteiger partial charge in [-0.1, -0.05) is 11.6 Å². The van der Waals surface area contributed by atoms with Gasteiger partial charge in [0, 0.05) is 42.8 Å². The second-order valence-corrected chi connectivity index (χ2v) is 11.8. The van der Waals surface area contributed by atoms with Crippen LogP contribution in [0.15, 0.2) is 29.2 Å². The first-order valence-corrected chi connectivity index (χ1v) is 13.1. The van der Waals surface area contributed by atoms with E-state index in [0.717, 1.165) is 6.42 Å². The van der Waals surface area contributed by atoms with Crippen molar-refractivity contribution in [3.63, 3.8) is 0 Å². The number of hydrogen-bond acceptors (Lipinski definition) is 6. The second kappa shape index (κ2) is 9.10. The first kappa shape index (κ1) is 23.8. The van der Waals surface area contributed by atoms with Gasteiger partial charge in [0.1, 0.15) is 6.10 Å². The van der Waals surface area contributed by atoms with Crippen LogP contribution in [0.2, 0.25) is 5.02 Å². The molecule has 8 nitrogen and oxygen atoms in total. The first-order chi connectivity index (χ1) is 15.1. The maximum Gasteiger partial charge on any atom is 0.410 e. The molecular weight excluding hydrogens is 454 g/mol. The minimum atomic E-state index is -3.70. The topological polar surface area (TPSA) is 90.4 Å². The number of amides is 1. The zero-order valence-corrected chi connectivity index (χ0v) is 20.2. The van der Waals surface area contributed by atoms with Crippen LogP contribution in [-0.4, -0.2) is 90.2 Å². The van der Waals surface area contributed by atoms with Crippen LogP contribution in [0.25, 0.3) is 0 Å². The molecule has 1 amide bonds. The predicted molar refractivity (Wildman–Crippen MR) is 121 cm³/mol. The van der Waals surface area contributed by atoms with E-state index in [4.69, 9.17) is 16.3 Å². The molecule has 3 aliphatic rings. The quantitative estimate of drug-likeness (QED) is 0.689. The van der Waals surface area contributed by atoms with Gasteiger partial charge in [0.15, 0.2) is 0 Å². The molecule has 1 aromatic carbocycles. The van der Waals surface area contributed by atoms with Crippen molar-refractivity contribution in [2.24, 2.45) is 0 Å². The number of carbonyl (C=O) groups is 1. The molecule has 1 N–H and O–H groups in total. The van der Waals surface area contributed by atoms with E-state index in [1.165, 1.54) is 12.1 Å². The van der Waals surface area contributed by atoms with Gasteiger partial charge in [0.05, 0.1) is 17.5 Å². The maximum absolute atomic E-state index is 13.4. The van der Waals surface area contributed by atoms with Crippen molar-refractivity contribution in [2.45, 2.75) is 68.2 Å². The number of carbonyl (C=O) groups excluding carboxylic acids is 1. The van der Waals surface area contributed by atoms with Crippen molar-refractivity contribution in [3.8, 4) is 0 Å². The zero-order valence-electron chi connectivity index (χ0n) is 18.6. The third kappa shape index (κ3) is 4.50. The molecule has 0 saturated carbocycles. The van der Waals surface area contributed by atoms with E-state index in [0.29, 0.717) is 50.5 Å². The Labute approximate surface area is 195 Å². The number of nitrogens with zero attached hydrogens (tertiary/aromatic N) is 3. The molecule has 178 valence electrons. The molecule has 0 spiro atoms. The van der Waals surface area contributed by atoms with Crippen molar-refractivity contribution in [1.29, 1.82) is 0 Å². The SMILES string of the molecule is CC(C)(CO)N1CCN(C(=O)O[C@H]2CCC3CCC2N3S(=O)(=O)c2ccc(Cl)cc2)CC1. The summed E-state index contributed by atoms with van der Waals surface area (Å²) in [6.07, 6.45) is 1.99. The number of piperazine rings is 1. The molecule has 4 rings (SSSR count). The normalized spacial score (nSPS) is 27.5. The molecule has 1 aromatic rings. The minimum absolute atomic E-state index is 0.0557. The minimum Gasteiger partial charge on any atom is -0.444 e. The van der Waals surface area contributed by atoms with Crippen molar-refractivity contribution in [2.75, 3.05) is 32.8 Å². The Morgan fingerprint density at radius 1 is 1.09 bits per heavy atom. The third-order valence-corrected chi connectivity index (χ3v) is 9.36. The number of ether oxygens (including phenoxy) is 1. The van der Waals surface area contributed by atoms with Crippen LogP contribution in [-0.2, 0) is 14.8 Å². The number of rotatable bonds is 5. The Hall–Kier alpha value is -1.39. The molecule has 2 bridgehead atoms. The number of sulfonamides is 1. The van der Waals surface area contributed by atoms with Crippen LogP contribution < -0.4 is 0 Å². The molecular formula is C22H32ClN3O5S. The van der Waals surface area contributed by atoms with Gasteiger partial charge in [-0.15, -0.1) is 0 Å². The monoisotopic (exact) mass is 485 g/mol. The summed E-state index contributed by atoms with van der Waals surface area (Å²) in [5, 5.41) is 10.1. The van der Waals surface area contributed by atoms with Gasteiger partial charge in [-0.3, -0.25) is 4.90 Å². The van der Waals surface area contributed by atoms with E-state index >= 15 is 0 Å². The van der Waals surface area contributed by atoms with Gasteiger partial charge in [0.2, 0.25) is 10.0 Å². The summed E-state index contributed by atoms with van der Waals surface area (Å²) in [5.74, 6) is 0. The van der Waals surface area contributed by atoms with E-state index in [1.54, 1.807) is 21.3 Å². The average Bonchev–Trinajstić information content (AvgIpc) is 3.12. The highest BCUT2D eigenvalue weighted by atomic mass is 35.5. The lowest BCUT2D eigenvalue weighted by molar-refractivity contribution is -0.0125. The summed E-state index contributed by atoms with van der Waals surface area (Å²) in [4.78, 5) is 17.0. The third-order valence-electron chi connectivity index (χ3n) is 7.12. The number of hydrogen-bond donors (Lipinski definition) is 1.